The normalized spacial score (nSPS) is 11.9. The molecular weight excluding hydrogens is 509 g/mol. The summed E-state index contributed by atoms with van der Waals surface area (Å²) >= 11 is 0. The first-order chi connectivity index (χ1) is 18.1. The molecule has 3 rings (SSSR count). The van der Waals surface area contributed by atoms with E-state index in [9.17, 15) is 22.4 Å². The van der Waals surface area contributed by atoms with Crippen LogP contribution in [0.3, 0.4) is 0 Å². The molecule has 0 unspecified atom stereocenters. The van der Waals surface area contributed by atoms with Gasteiger partial charge in [-0.1, -0.05) is 42.5 Å². The van der Waals surface area contributed by atoms with E-state index in [0.717, 1.165) is 9.87 Å². The van der Waals surface area contributed by atoms with E-state index in [4.69, 9.17) is 4.74 Å². The van der Waals surface area contributed by atoms with Crippen LogP contribution >= 0.6 is 0 Å². The van der Waals surface area contributed by atoms with E-state index >= 15 is 0 Å². The van der Waals surface area contributed by atoms with Gasteiger partial charge in [-0.25, -0.2) is 12.8 Å². The van der Waals surface area contributed by atoms with Crippen LogP contribution < -0.4 is 14.4 Å². The van der Waals surface area contributed by atoms with Crippen molar-refractivity contribution in [3.05, 3.63) is 89.7 Å². The lowest BCUT2D eigenvalue weighted by atomic mass is 10.1. The third-order valence-corrected chi connectivity index (χ3v) is 7.80. The van der Waals surface area contributed by atoms with Crippen molar-refractivity contribution >= 4 is 27.5 Å². The summed E-state index contributed by atoms with van der Waals surface area (Å²) in [6, 6.07) is 17.7. The maximum atomic E-state index is 14.5. The summed E-state index contributed by atoms with van der Waals surface area (Å²) in [7, 11) is -2.83. The predicted molar refractivity (Wildman–Crippen MR) is 144 cm³/mol. The van der Waals surface area contributed by atoms with E-state index in [1.807, 2.05) is 0 Å². The van der Waals surface area contributed by atoms with Crippen LogP contribution in [0.4, 0.5) is 10.1 Å². The van der Waals surface area contributed by atoms with Crippen molar-refractivity contribution in [1.29, 1.82) is 0 Å². The monoisotopic (exact) mass is 541 g/mol. The highest BCUT2D eigenvalue weighted by atomic mass is 32.2. The van der Waals surface area contributed by atoms with E-state index in [1.165, 1.54) is 49.3 Å². The van der Waals surface area contributed by atoms with Gasteiger partial charge in [0.2, 0.25) is 11.8 Å². The molecule has 3 aromatic rings. The Morgan fingerprint density at radius 2 is 1.68 bits per heavy atom. The lowest BCUT2D eigenvalue weighted by Gasteiger charge is -2.32. The fraction of sp³-hybridized carbons (Fsp3) is 0.286. The molecule has 1 atom stereocenters. The van der Waals surface area contributed by atoms with Gasteiger partial charge in [-0.15, -0.1) is 0 Å². The van der Waals surface area contributed by atoms with Crippen molar-refractivity contribution < 1.29 is 27.1 Å². The fourth-order valence-electron chi connectivity index (χ4n) is 3.94. The smallest absolute Gasteiger partial charge is 0.264 e. The van der Waals surface area contributed by atoms with E-state index in [-0.39, 0.29) is 28.4 Å². The highest BCUT2D eigenvalue weighted by molar-refractivity contribution is 7.92. The molecule has 38 heavy (non-hydrogen) atoms. The topological polar surface area (TPSA) is 96.0 Å². The van der Waals surface area contributed by atoms with Gasteiger partial charge in [0.1, 0.15) is 24.2 Å². The summed E-state index contributed by atoms with van der Waals surface area (Å²) in [5.74, 6) is -1.42. The lowest BCUT2D eigenvalue weighted by Crippen LogP contribution is -2.51. The molecule has 0 aromatic heterocycles. The Kier molecular flexibility index (Phi) is 9.46. The number of methoxy groups -OCH3 is 1. The minimum absolute atomic E-state index is 0.0196. The summed E-state index contributed by atoms with van der Waals surface area (Å²) in [6.07, 6.45) is 0. The largest absolute Gasteiger partial charge is 0.495 e. The second-order valence-electron chi connectivity index (χ2n) is 8.68. The summed E-state index contributed by atoms with van der Waals surface area (Å²) in [5, 5.41) is 2.67. The summed E-state index contributed by atoms with van der Waals surface area (Å²) in [5.41, 5.74) is 1.12. The number of hydrogen-bond donors (Lipinski definition) is 1. The number of nitrogens with one attached hydrogen (secondary N) is 1. The van der Waals surface area contributed by atoms with Crippen molar-refractivity contribution in [2.75, 3.05) is 24.5 Å². The maximum absolute atomic E-state index is 14.5. The Balaban J connectivity index is 2.10. The highest BCUT2D eigenvalue weighted by Gasteiger charge is 2.34. The zero-order valence-corrected chi connectivity index (χ0v) is 22.7. The molecule has 0 aliphatic carbocycles. The number of aryl methyl sites for hydroxylation is 1. The standard InChI is InChI=1S/C28H32FN3O5S/c1-5-30-28(34)21(3)31(18-22-11-9-10-14-24(22)29)27(33)19-32(25-17-20(2)15-16-26(25)37-4)38(35,36)23-12-7-6-8-13-23/h6-17,21H,5,18-19H2,1-4H3,(H,30,34)/t21-/m1/s1. The summed E-state index contributed by atoms with van der Waals surface area (Å²) < 4.78 is 48.7. The van der Waals surface area contributed by atoms with Crippen molar-refractivity contribution in [3.63, 3.8) is 0 Å². The minimum Gasteiger partial charge on any atom is -0.495 e. The second kappa shape index (κ2) is 12.6. The number of hydrogen-bond acceptors (Lipinski definition) is 5. The first-order valence-electron chi connectivity index (χ1n) is 12.1. The predicted octanol–water partition coefficient (Wildman–Crippen LogP) is 3.89. The summed E-state index contributed by atoms with van der Waals surface area (Å²) in [4.78, 5) is 27.7. The third-order valence-electron chi connectivity index (χ3n) is 6.03. The van der Waals surface area contributed by atoms with Crippen LogP contribution in [-0.4, -0.2) is 51.4 Å². The van der Waals surface area contributed by atoms with E-state index < -0.39 is 40.2 Å². The number of halogens is 1. The number of ether oxygens (including phenoxy) is 1. The molecule has 8 nitrogen and oxygen atoms in total. The van der Waals surface area contributed by atoms with Gasteiger partial charge >= 0.3 is 0 Å². The van der Waals surface area contributed by atoms with Crippen LogP contribution in [0.1, 0.15) is 25.0 Å². The van der Waals surface area contributed by atoms with Gasteiger partial charge in [-0.05, 0) is 56.7 Å². The molecule has 1 N–H and O–H groups in total. The van der Waals surface area contributed by atoms with Gasteiger partial charge in [0, 0.05) is 18.7 Å². The number of sulfonamides is 1. The number of benzene rings is 3. The van der Waals surface area contributed by atoms with Gasteiger partial charge in [0.15, 0.2) is 0 Å². The molecule has 0 spiro atoms. The van der Waals surface area contributed by atoms with E-state index in [2.05, 4.69) is 5.32 Å². The molecule has 0 radical (unpaired) electrons. The average Bonchev–Trinajstić information content (AvgIpc) is 2.91. The molecule has 3 aromatic carbocycles. The molecule has 0 saturated carbocycles. The number of likely N-dealkylation sites (N-methyl/N-ethyl adjacent to an activating group) is 1. The number of rotatable bonds is 11. The number of amides is 2. The quantitative estimate of drug-likeness (QED) is 0.397. The number of nitrogens with zero attached hydrogens (tertiary/aromatic N) is 2. The van der Waals surface area contributed by atoms with Crippen LogP contribution in [0.5, 0.6) is 5.75 Å². The fourth-order valence-corrected chi connectivity index (χ4v) is 5.38. The third kappa shape index (κ3) is 6.49. The molecule has 0 aliphatic rings. The van der Waals surface area contributed by atoms with Crippen LogP contribution in [0.2, 0.25) is 0 Å². The molecule has 2 amide bonds. The Morgan fingerprint density at radius 3 is 2.32 bits per heavy atom. The number of anilines is 1. The Morgan fingerprint density at radius 1 is 1.03 bits per heavy atom. The first-order valence-corrected chi connectivity index (χ1v) is 13.6. The first kappa shape index (κ1) is 28.6. The highest BCUT2D eigenvalue weighted by Crippen LogP contribution is 2.33. The second-order valence-corrected chi connectivity index (χ2v) is 10.5. The van der Waals surface area contributed by atoms with Gasteiger partial charge in [0.25, 0.3) is 10.0 Å². The van der Waals surface area contributed by atoms with E-state index in [0.29, 0.717) is 6.54 Å². The molecular formula is C28H32FN3O5S. The van der Waals surface area contributed by atoms with Crippen LogP contribution in [-0.2, 0) is 26.2 Å². The van der Waals surface area contributed by atoms with Gasteiger partial charge in [0.05, 0.1) is 17.7 Å². The van der Waals surface area contributed by atoms with Crippen molar-refractivity contribution in [3.8, 4) is 5.75 Å². The molecule has 10 heteroatoms. The SMILES string of the molecule is CCNC(=O)[C@@H](C)N(Cc1ccccc1F)C(=O)CN(c1cc(C)ccc1OC)S(=O)(=O)c1ccccc1. The molecule has 0 bridgehead atoms. The van der Waals surface area contributed by atoms with Crippen LogP contribution in [0.25, 0.3) is 0 Å². The van der Waals surface area contributed by atoms with Crippen molar-refractivity contribution in [1.82, 2.24) is 10.2 Å². The van der Waals surface area contributed by atoms with Crippen molar-refractivity contribution in [2.24, 2.45) is 0 Å². The summed E-state index contributed by atoms with van der Waals surface area (Å²) in [6.45, 7) is 4.52. The molecule has 0 fully saturated rings. The molecule has 0 aliphatic heterocycles. The average molecular weight is 542 g/mol. The number of carbonyl (C=O) groups is 2. The molecule has 202 valence electrons. The Hall–Kier alpha value is -3.92. The van der Waals surface area contributed by atoms with E-state index in [1.54, 1.807) is 56.3 Å². The minimum atomic E-state index is -4.24. The van der Waals surface area contributed by atoms with Gasteiger partial charge in [-0.2, -0.15) is 0 Å². The Labute approximate surface area is 223 Å². The molecule has 0 saturated heterocycles. The lowest BCUT2D eigenvalue weighted by molar-refractivity contribution is -0.139. The van der Waals surface area contributed by atoms with Crippen LogP contribution in [0.15, 0.2) is 77.7 Å². The van der Waals surface area contributed by atoms with Crippen molar-refractivity contribution in [2.45, 2.75) is 38.3 Å². The number of carbonyl (C=O) groups excluding carboxylic acids is 2. The maximum Gasteiger partial charge on any atom is 0.264 e. The van der Waals surface area contributed by atoms with Crippen LogP contribution in [0, 0.1) is 12.7 Å². The van der Waals surface area contributed by atoms with Gasteiger partial charge < -0.3 is 15.0 Å². The molecule has 0 heterocycles. The zero-order valence-electron chi connectivity index (χ0n) is 21.8. The van der Waals surface area contributed by atoms with Gasteiger partial charge in [-0.3, -0.25) is 13.9 Å². The Bertz CT molecular complexity index is 1380. The zero-order chi connectivity index (χ0) is 27.9.